The number of nitro groups is 3. The van der Waals surface area contributed by atoms with Crippen LogP contribution in [-0.2, 0) is 6.54 Å². The molecular formula is C20H17N6O6+. The van der Waals surface area contributed by atoms with Crippen LogP contribution in [0.5, 0.6) is 0 Å². The molecule has 0 fully saturated rings. The number of rotatable bonds is 8. The summed E-state index contributed by atoms with van der Waals surface area (Å²) in [5.41, 5.74) is 3.60. The van der Waals surface area contributed by atoms with Crippen LogP contribution in [0.3, 0.4) is 0 Å². The van der Waals surface area contributed by atoms with Gasteiger partial charge in [-0.2, -0.15) is 9.67 Å². The van der Waals surface area contributed by atoms with Crippen molar-refractivity contribution < 1.29 is 19.3 Å². The van der Waals surface area contributed by atoms with Crippen LogP contribution >= 0.6 is 0 Å². The van der Waals surface area contributed by atoms with Gasteiger partial charge in [-0.25, -0.2) is 0 Å². The van der Waals surface area contributed by atoms with E-state index in [0.717, 1.165) is 17.7 Å². The summed E-state index contributed by atoms with van der Waals surface area (Å²) < 4.78 is 1.82. The largest absolute Gasteiger partial charge is 0.301 e. The molecule has 162 valence electrons. The molecule has 0 saturated heterocycles. The molecular weight excluding hydrogens is 420 g/mol. The number of aromatic nitrogens is 1. The highest BCUT2D eigenvalue weighted by Gasteiger charge is 2.20. The zero-order valence-electron chi connectivity index (χ0n) is 16.7. The van der Waals surface area contributed by atoms with Crippen molar-refractivity contribution >= 4 is 28.5 Å². The lowest BCUT2D eigenvalue weighted by atomic mass is 10.1. The maximum atomic E-state index is 11.4. The van der Waals surface area contributed by atoms with Crippen molar-refractivity contribution in [3.8, 4) is 0 Å². The number of benzene rings is 2. The second-order valence-corrected chi connectivity index (χ2v) is 6.74. The summed E-state index contributed by atoms with van der Waals surface area (Å²) >= 11 is 0. The van der Waals surface area contributed by atoms with Crippen LogP contribution in [0, 0.1) is 37.3 Å². The quantitative estimate of drug-likeness (QED) is 0.244. The number of hydrogen-bond donors (Lipinski definition) is 1. The minimum atomic E-state index is -0.745. The third-order valence-corrected chi connectivity index (χ3v) is 4.50. The lowest BCUT2D eigenvalue weighted by Gasteiger charge is -2.07. The Kier molecular flexibility index (Phi) is 6.44. The number of anilines is 1. The molecule has 0 bridgehead atoms. The van der Waals surface area contributed by atoms with Gasteiger partial charge in [-0.1, -0.05) is 0 Å². The Morgan fingerprint density at radius 3 is 2.03 bits per heavy atom. The summed E-state index contributed by atoms with van der Waals surface area (Å²) in [7, 11) is 0. The van der Waals surface area contributed by atoms with E-state index in [1.165, 1.54) is 30.3 Å². The van der Waals surface area contributed by atoms with E-state index >= 15 is 0 Å². The number of aryl methyl sites for hydroxylation is 1. The zero-order chi connectivity index (χ0) is 23.3. The van der Waals surface area contributed by atoms with E-state index < -0.39 is 26.1 Å². The third kappa shape index (κ3) is 5.24. The van der Waals surface area contributed by atoms with Crippen molar-refractivity contribution in [3.05, 3.63) is 108 Å². The van der Waals surface area contributed by atoms with Crippen molar-refractivity contribution in [1.82, 2.24) is 0 Å². The van der Waals surface area contributed by atoms with Gasteiger partial charge in [0.05, 0.1) is 20.8 Å². The molecule has 1 N–H and O–H groups in total. The van der Waals surface area contributed by atoms with E-state index in [0.29, 0.717) is 11.3 Å². The van der Waals surface area contributed by atoms with Gasteiger partial charge in [-0.05, 0) is 30.7 Å². The Hall–Kier alpha value is -4.74. The smallest absolute Gasteiger partial charge is 0.271 e. The first-order valence-electron chi connectivity index (χ1n) is 9.20. The average molecular weight is 437 g/mol. The fourth-order valence-corrected chi connectivity index (χ4v) is 2.78. The number of hydrogen-bond acceptors (Lipinski definition) is 8. The molecule has 0 aliphatic rings. The highest BCUT2D eigenvalue weighted by atomic mass is 16.6. The Balaban J connectivity index is 1.99. The maximum absolute atomic E-state index is 11.4. The van der Waals surface area contributed by atoms with Crippen LogP contribution in [0.1, 0.15) is 11.1 Å². The highest BCUT2D eigenvalue weighted by molar-refractivity contribution is 6.00. The molecule has 1 aromatic heterocycles. The molecule has 12 nitrogen and oxygen atoms in total. The maximum Gasteiger partial charge on any atom is 0.301 e. The van der Waals surface area contributed by atoms with Crippen LogP contribution in [0.25, 0.3) is 0 Å². The summed E-state index contributed by atoms with van der Waals surface area (Å²) in [5.74, 6) is 0. The summed E-state index contributed by atoms with van der Waals surface area (Å²) in [5, 5.41) is 37.5. The van der Waals surface area contributed by atoms with Gasteiger partial charge in [0.25, 0.3) is 11.4 Å². The Morgan fingerprint density at radius 2 is 1.47 bits per heavy atom. The van der Waals surface area contributed by atoms with E-state index in [4.69, 9.17) is 0 Å². The number of pyridine rings is 1. The van der Waals surface area contributed by atoms with Gasteiger partial charge in [-0.15, -0.1) is 0 Å². The molecule has 12 heteroatoms. The van der Waals surface area contributed by atoms with Crippen LogP contribution in [0.15, 0.2) is 72.1 Å². The molecule has 0 atom stereocenters. The summed E-state index contributed by atoms with van der Waals surface area (Å²) in [6.45, 7) is 2.19. The zero-order valence-corrected chi connectivity index (χ0v) is 16.7. The molecule has 0 aliphatic carbocycles. The Labute approximate surface area is 180 Å². The van der Waals surface area contributed by atoms with Crippen LogP contribution in [0.4, 0.5) is 22.7 Å². The molecule has 2 aromatic carbocycles. The van der Waals surface area contributed by atoms with Crippen LogP contribution in [-0.4, -0.2) is 20.5 Å². The van der Waals surface area contributed by atoms with Crippen molar-refractivity contribution in [3.63, 3.8) is 0 Å². The van der Waals surface area contributed by atoms with E-state index in [1.807, 2.05) is 36.0 Å². The van der Waals surface area contributed by atoms with E-state index in [-0.39, 0.29) is 17.9 Å². The fourth-order valence-electron chi connectivity index (χ4n) is 2.78. The van der Waals surface area contributed by atoms with Crippen molar-refractivity contribution in [2.45, 2.75) is 13.5 Å². The minimum absolute atomic E-state index is 0.0334. The van der Waals surface area contributed by atoms with Crippen LogP contribution in [0.2, 0.25) is 0 Å². The van der Waals surface area contributed by atoms with Gasteiger partial charge in [0.15, 0.2) is 18.9 Å². The van der Waals surface area contributed by atoms with Gasteiger partial charge in [0, 0.05) is 35.9 Å². The molecule has 0 saturated carbocycles. The first-order chi connectivity index (χ1) is 15.2. The van der Waals surface area contributed by atoms with Gasteiger partial charge >= 0.3 is 5.69 Å². The second kappa shape index (κ2) is 9.38. The molecule has 0 unspecified atom stereocenters. The number of nitrogens with zero attached hydrogens (tertiary/aromatic N) is 5. The molecule has 32 heavy (non-hydrogen) atoms. The molecule has 1 heterocycles. The van der Waals surface area contributed by atoms with Crippen molar-refractivity contribution in [2.24, 2.45) is 5.10 Å². The van der Waals surface area contributed by atoms with E-state index in [1.54, 1.807) is 0 Å². The number of hydrazone groups is 1. The second-order valence-electron chi connectivity index (χ2n) is 6.74. The van der Waals surface area contributed by atoms with E-state index in [9.17, 15) is 30.3 Å². The first kappa shape index (κ1) is 22.0. The number of nitrogens with one attached hydrogen (secondary N) is 1. The predicted molar refractivity (Wildman–Crippen MR) is 114 cm³/mol. The standard InChI is InChI=1S/C20H17N6O6/c1-14-8-10-23(11-9-14)13-19(15-2-4-16(5-3-15)24(27)28)22-21-18-7-6-17(25(29)30)12-20(18)26(31)32/h2-12,21H,13H2,1H3/q+1/b22-19+. The summed E-state index contributed by atoms with van der Waals surface area (Å²) in [4.78, 5) is 31.2. The SMILES string of the molecule is Cc1cc[n+](C/C(=N\Nc2ccc([N+](=O)[O-])cc2[N+](=O)[O-])c2ccc([N+](=O)[O-])cc2)cc1. The van der Waals surface area contributed by atoms with E-state index in [2.05, 4.69) is 10.5 Å². The minimum Gasteiger partial charge on any atom is -0.271 e. The van der Waals surface area contributed by atoms with Crippen molar-refractivity contribution in [1.29, 1.82) is 0 Å². The monoisotopic (exact) mass is 437 g/mol. The molecule has 0 amide bonds. The summed E-state index contributed by atoms with van der Waals surface area (Å²) in [6, 6.07) is 12.7. The number of non-ortho nitro benzene ring substituents is 2. The van der Waals surface area contributed by atoms with Gasteiger partial charge in [0.1, 0.15) is 11.4 Å². The average Bonchev–Trinajstić information content (AvgIpc) is 2.77. The topological polar surface area (TPSA) is 158 Å². The van der Waals surface area contributed by atoms with Crippen LogP contribution < -0.4 is 9.99 Å². The Morgan fingerprint density at radius 1 is 0.875 bits per heavy atom. The number of nitro benzene ring substituents is 3. The predicted octanol–water partition coefficient (Wildman–Crippen LogP) is 3.52. The third-order valence-electron chi connectivity index (χ3n) is 4.50. The lowest BCUT2D eigenvalue weighted by molar-refractivity contribution is -0.681. The first-order valence-corrected chi connectivity index (χ1v) is 9.20. The normalized spacial score (nSPS) is 11.1. The van der Waals surface area contributed by atoms with Gasteiger partial charge in [0.2, 0.25) is 0 Å². The molecule has 0 aliphatic heterocycles. The molecule has 3 rings (SSSR count). The lowest BCUT2D eigenvalue weighted by Crippen LogP contribution is -2.37. The molecule has 0 spiro atoms. The fraction of sp³-hybridized carbons (Fsp3) is 0.100. The molecule has 0 radical (unpaired) electrons. The van der Waals surface area contributed by atoms with Crippen molar-refractivity contribution in [2.75, 3.05) is 5.43 Å². The summed E-state index contributed by atoms with van der Waals surface area (Å²) in [6.07, 6.45) is 3.65. The molecule has 3 aromatic rings. The van der Waals surface area contributed by atoms with Gasteiger partial charge in [-0.3, -0.25) is 35.8 Å². The highest BCUT2D eigenvalue weighted by Crippen LogP contribution is 2.29. The Bertz CT molecular complexity index is 1210. The van der Waals surface area contributed by atoms with Gasteiger partial charge < -0.3 is 0 Å².